The summed E-state index contributed by atoms with van der Waals surface area (Å²) in [7, 11) is 4.05. The van der Waals surface area contributed by atoms with E-state index in [0.717, 1.165) is 12.2 Å². The number of pyridine rings is 1. The van der Waals surface area contributed by atoms with Crippen LogP contribution in [0, 0.1) is 0 Å². The molecule has 0 saturated carbocycles. The zero-order valence-electron chi connectivity index (χ0n) is 9.35. The lowest BCUT2D eigenvalue weighted by Gasteiger charge is -2.11. The number of aromatic nitrogens is 1. The summed E-state index contributed by atoms with van der Waals surface area (Å²) in [6.45, 7) is 1.16. The molecule has 0 saturated heterocycles. The van der Waals surface area contributed by atoms with Gasteiger partial charge in [0.1, 0.15) is 0 Å². The van der Waals surface area contributed by atoms with Crippen LogP contribution in [0.5, 0.6) is 0 Å². The molecule has 0 aliphatic rings. The first kappa shape index (κ1) is 12.1. The lowest BCUT2D eigenvalue weighted by molar-refractivity contribution is 0.182. The highest BCUT2D eigenvalue weighted by molar-refractivity contribution is 5.16. The molecule has 1 aromatic rings. The third-order valence-corrected chi connectivity index (χ3v) is 2.10. The molecule has 1 rings (SSSR count). The van der Waals surface area contributed by atoms with Gasteiger partial charge in [0.15, 0.2) is 0 Å². The Labute approximate surface area is 90.7 Å². The van der Waals surface area contributed by atoms with Gasteiger partial charge >= 0.3 is 0 Å². The molecule has 1 aromatic heterocycles. The maximum absolute atomic E-state index is 9.41. The summed E-state index contributed by atoms with van der Waals surface area (Å²) in [5, 5.41) is 9.41. The summed E-state index contributed by atoms with van der Waals surface area (Å²) in [5.41, 5.74) is 7.45. The van der Waals surface area contributed by atoms with E-state index in [1.165, 1.54) is 5.56 Å². The van der Waals surface area contributed by atoms with Gasteiger partial charge < -0.3 is 15.7 Å². The van der Waals surface area contributed by atoms with Gasteiger partial charge in [-0.05, 0) is 31.8 Å². The quantitative estimate of drug-likeness (QED) is 0.717. The van der Waals surface area contributed by atoms with Crippen molar-refractivity contribution in [3.63, 3.8) is 0 Å². The van der Waals surface area contributed by atoms with E-state index in [9.17, 15) is 5.11 Å². The van der Waals surface area contributed by atoms with Crippen LogP contribution in [-0.4, -0.2) is 41.7 Å². The van der Waals surface area contributed by atoms with Gasteiger partial charge in [-0.2, -0.15) is 0 Å². The highest BCUT2D eigenvalue weighted by Gasteiger charge is 2.05. The van der Waals surface area contributed by atoms with Crippen molar-refractivity contribution in [3.05, 3.63) is 29.6 Å². The van der Waals surface area contributed by atoms with E-state index in [4.69, 9.17) is 5.73 Å². The van der Waals surface area contributed by atoms with Gasteiger partial charge in [-0.1, -0.05) is 0 Å². The average Bonchev–Trinajstić information content (AvgIpc) is 2.17. The van der Waals surface area contributed by atoms with E-state index in [-0.39, 0.29) is 6.54 Å². The largest absolute Gasteiger partial charge is 0.391 e. The van der Waals surface area contributed by atoms with Crippen molar-refractivity contribution in [3.8, 4) is 0 Å². The summed E-state index contributed by atoms with van der Waals surface area (Å²) in [6.07, 6.45) is 1.81. The second-order valence-corrected chi connectivity index (χ2v) is 3.99. The number of aliphatic hydroxyl groups is 1. The van der Waals surface area contributed by atoms with Gasteiger partial charge in [-0.15, -0.1) is 0 Å². The molecular formula is C11H19N3O. The Morgan fingerprint density at radius 2 is 2.27 bits per heavy atom. The zero-order chi connectivity index (χ0) is 11.3. The van der Waals surface area contributed by atoms with Crippen LogP contribution in [0.2, 0.25) is 0 Å². The Balaban J connectivity index is 2.65. The van der Waals surface area contributed by atoms with Crippen molar-refractivity contribution in [1.82, 2.24) is 9.88 Å². The highest BCUT2D eigenvalue weighted by Crippen LogP contribution is 2.06. The number of hydrogen-bond donors (Lipinski definition) is 2. The van der Waals surface area contributed by atoms with Crippen LogP contribution in [0.4, 0.5) is 0 Å². The van der Waals surface area contributed by atoms with Crippen molar-refractivity contribution >= 4 is 0 Å². The Morgan fingerprint density at radius 1 is 1.53 bits per heavy atom. The molecule has 15 heavy (non-hydrogen) atoms. The Morgan fingerprint density at radius 3 is 2.87 bits per heavy atom. The van der Waals surface area contributed by atoms with Gasteiger partial charge in [-0.3, -0.25) is 4.98 Å². The van der Waals surface area contributed by atoms with Crippen molar-refractivity contribution in [2.75, 3.05) is 20.6 Å². The van der Waals surface area contributed by atoms with Crippen LogP contribution in [0.15, 0.2) is 18.3 Å². The Kier molecular flexibility index (Phi) is 4.68. The molecule has 84 valence electrons. The summed E-state index contributed by atoms with van der Waals surface area (Å²) < 4.78 is 0. The molecule has 0 amide bonds. The van der Waals surface area contributed by atoms with Gasteiger partial charge in [-0.25, -0.2) is 0 Å². The van der Waals surface area contributed by atoms with E-state index in [0.29, 0.717) is 6.42 Å². The summed E-state index contributed by atoms with van der Waals surface area (Å²) in [4.78, 5) is 6.30. The molecule has 3 N–H and O–H groups in total. The third-order valence-electron chi connectivity index (χ3n) is 2.10. The number of aliphatic hydroxyl groups excluding tert-OH is 1. The van der Waals surface area contributed by atoms with E-state index < -0.39 is 6.10 Å². The molecule has 0 aliphatic carbocycles. The molecule has 1 unspecified atom stereocenters. The van der Waals surface area contributed by atoms with Gasteiger partial charge in [0.05, 0.1) is 6.10 Å². The molecule has 0 fully saturated rings. The van der Waals surface area contributed by atoms with Crippen molar-refractivity contribution < 1.29 is 5.11 Å². The first-order chi connectivity index (χ1) is 7.11. The molecule has 0 aliphatic heterocycles. The van der Waals surface area contributed by atoms with E-state index in [1.807, 2.05) is 26.2 Å². The SMILES string of the molecule is CN(C)Cc1ccnc(CC(O)CN)c1. The molecule has 1 atom stereocenters. The number of nitrogens with two attached hydrogens (primary N) is 1. The maximum atomic E-state index is 9.41. The summed E-state index contributed by atoms with van der Waals surface area (Å²) in [5.74, 6) is 0. The van der Waals surface area contributed by atoms with Gasteiger partial charge in [0.2, 0.25) is 0 Å². The fraction of sp³-hybridized carbons (Fsp3) is 0.545. The predicted molar refractivity (Wildman–Crippen MR) is 60.4 cm³/mol. The Hall–Kier alpha value is -0.970. The minimum absolute atomic E-state index is 0.277. The highest BCUT2D eigenvalue weighted by atomic mass is 16.3. The van der Waals surface area contributed by atoms with Crippen molar-refractivity contribution in [2.45, 2.75) is 19.1 Å². The first-order valence-corrected chi connectivity index (χ1v) is 5.08. The van der Waals surface area contributed by atoms with Crippen LogP contribution < -0.4 is 5.73 Å². The average molecular weight is 209 g/mol. The lowest BCUT2D eigenvalue weighted by Crippen LogP contribution is -2.22. The van der Waals surface area contributed by atoms with E-state index >= 15 is 0 Å². The minimum atomic E-state index is -0.493. The monoisotopic (exact) mass is 209 g/mol. The molecule has 1 heterocycles. The molecule has 0 bridgehead atoms. The molecule has 0 aromatic carbocycles. The molecule has 0 radical (unpaired) electrons. The topological polar surface area (TPSA) is 62.4 Å². The molecule has 0 spiro atoms. The van der Waals surface area contributed by atoms with Crippen molar-refractivity contribution in [1.29, 1.82) is 0 Å². The number of hydrogen-bond acceptors (Lipinski definition) is 4. The van der Waals surface area contributed by atoms with Crippen LogP contribution in [-0.2, 0) is 13.0 Å². The van der Waals surface area contributed by atoms with Gasteiger partial charge in [0, 0.05) is 31.4 Å². The normalized spacial score (nSPS) is 13.1. The fourth-order valence-electron chi connectivity index (χ4n) is 1.43. The second-order valence-electron chi connectivity index (χ2n) is 3.99. The lowest BCUT2D eigenvalue weighted by atomic mass is 10.1. The second kappa shape index (κ2) is 5.80. The zero-order valence-corrected chi connectivity index (χ0v) is 9.35. The maximum Gasteiger partial charge on any atom is 0.0717 e. The predicted octanol–water partition coefficient (Wildman–Crippen LogP) is 0.00530. The van der Waals surface area contributed by atoms with Crippen LogP contribution >= 0.6 is 0 Å². The standard InChI is InChI=1S/C11H19N3O/c1-14(2)8-9-3-4-13-10(5-9)6-11(15)7-12/h3-5,11,15H,6-8,12H2,1-2H3. The molecule has 4 heteroatoms. The van der Waals surface area contributed by atoms with Crippen LogP contribution in [0.1, 0.15) is 11.3 Å². The smallest absolute Gasteiger partial charge is 0.0717 e. The summed E-state index contributed by atoms with van der Waals surface area (Å²) >= 11 is 0. The van der Waals surface area contributed by atoms with E-state index in [2.05, 4.69) is 9.88 Å². The summed E-state index contributed by atoms with van der Waals surface area (Å²) in [6, 6.07) is 4.00. The van der Waals surface area contributed by atoms with E-state index in [1.54, 1.807) is 6.20 Å². The number of rotatable bonds is 5. The fourth-order valence-corrected chi connectivity index (χ4v) is 1.43. The third kappa shape index (κ3) is 4.38. The van der Waals surface area contributed by atoms with Crippen LogP contribution in [0.25, 0.3) is 0 Å². The van der Waals surface area contributed by atoms with Crippen LogP contribution in [0.3, 0.4) is 0 Å². The number of nitrogens with zero attached hydrogens (tertiary/aromatic N) is 2. The van der Waals surface area contributed by atoms with Gasteiger partial charge in [0.25, 0.3) is 0 Å². The minimum Gasteiger partial charge on any atom is -0.391 e. The molecular weight excluding hydrogens is 190 g/mol. The van der Waals surface area contributed by atoms with Crippen molar-refractivity contribution in [2.24, 2.45) is 5.73 Å². The molecule has 4 nitrogen and oxygen atoms in total. The Bertz CT molecular complexity index is 302. The first-order valence-electron chi connectivity index (χ1n) is 5.08.